The van der Waals surface area contributed by atoms with Crippen LogP contribution in [0.3, 0.4) is 0 Å². The Balaban J connectivity index is 2.05. The summed E-state index contributed by atoms with van der Waals surface area (Å²) in [6, 6.07) is 5.66. The average molecular weight is 237 g/mol. The normalized spacial score (nSPS) is 16.0. The van der Waals surface area contributed by atoms with Gasteiger partial charge >= 0.3 is 0 Å². The second-order valence-corrected chi connectivity index (χ2v) is 4.39. The lowest BCUT2D eigenvalue weighted by Gasteiger charge is -2.21. The predicted octanol–water partition coefficient (Wildman–Crippen LogP) is 1.88. The Bertz CT molecular complexity index is 379. The molecule has 0 aromatic heterocycles. The molecule has 1 aromatic carbocycles. The van der Waals surface area contributed by atoms with Crippen LogP contribution in [0.4, 0.5) is 0 Å². The number of fused-ring (bicyclic) bond motifs is 1. The molecule has 1 unspecified atom stereocenters. The van der Waals surface area contributed by atoms with E-state index in [4.69, 9.17) is 19.9 Å². The van der Waals surface area contributed by atoms with Crippen LogP contribution in [0, 0.1) is 0 Å². The van der Waals surface area contributed by atoms with Gasteiger partial charge in [-0.25, -0.2) is 0 Å². The van der Waals surface area contributed by atoms with E-state index >= 15 is 0 Å². The highest BCUT2D eigenvalue weighted by Gasteiger charge is 2.15. The van der Waals surface area contributed by atoms with Crippen molar-refractivity contribution in [2.45, 2.75) is 26.0 Å². The van der Waals surface area contributed by atoms with E-state index in [1.54, 1.807) is 0 Å². The zero-order valence-corrected chi connectivity index (χ0v) is 10.3. The number of hydrogen-bond donors (Lipinski definition) is 1. The second kappa shape index (κ2) is 5.38. The standard InChI is InChI=1S/C13H19NO3/c1-9(2)17-8-11(14)10-3-4-12-13(7-10)16-6-5-15-12/h3-4,7,9,11H,5-6,8,14H2,1-2H3. The average Bonchev–Trinajstić information content (AvgIpc) is 2.35. The quantitative estimate of drug-likeness (QED) is 0.868. The summed E-state index contributed by atoms with van der Waals surface area (Å²) in [5.74, 6) is 1.56. The molecule has 1 aliphatic rings. The van der Waals surface area contributed by atoms with Crippen molar-refractivity contribution in [2.24, 2.45) is 5.73 Å². The Hall–Kier alpha value is -1.26. The van der Waals surface area contributed by atoms with E-state index < -0.39 is 0 Å². The van der Waals surface area contributed by atoms with E-state index in [1.807, 2.05) is 32.0 Å². The van der Waals surface area contributed by atoms with Crippen LogP contribution in [0.1, 0.15) is 25.5 Å². The van der Waals surface area contributed by atoms with Crippen LogP contribution in [0.5, 0.6) is 11.5 Å². The van der Waals surface area contributed by atoms with Crippen molar-refractivity contribution in [1.82, 2.24) is 0 Å². The molecule has 94 valence electrons. The number of nitrogens with two attached hydrogens (primary N) is 1. The number of rotatable bonds is 4. The Labute approximate surface area is 102 Å². The van der Waals surface area contributed by atoms with Crippen molar-refractivity contribution in [3.8, 4) is 11.5 Å². The van der Waals surface area contributed by atoms with E-state index in [-0.39, 0.29) is 12.1 Å². The minimum Gasteiger partial charge on any atom is -0.486 e. The molecule has 17 heavy (non-hydrogen) atoms. The first kappa shape index (κ1) is 12.2. The Kier molecular flexibility index (Phi) is 3.86. The van der Waals surface area contributed by atoms with Crippen LogP contribution < -0.4 is 15.2 Å². The van der Waals surface area contributed by atoms with E-state index in [2.05, 4.69) is 0 Å². The number of benzene rings is 1. The lowest BCUT2D eigenvalue weighted by molar-refractivity contribution is 0.0682. The molecule has 1 heterocycles. The molecular formula is C13H19NO3. The van der Waals surface area contributed by atoms with Gasteiger partial charge in [0.1, 0.15) is 13.2 Å². The molecule has 0 fully saturated rings. The molecular weight excluding hydrogens is 218 g/mol. The van der Waals surface area contributed by atoms with Crippen molar-refractivity contribution in [3.63, 3.8) is 0 Å². The molecule has 0 radical (unpaired) electrons. The molecule has 1 atom stereocenters. The van der Waals surface area contributed by atoms with E-state index in [1.165, 1.54) is 0 Å². The molecule has 0 amide bonds. The topological polar surface area (TPSA) is 53.7 Å². The Morgan fingerprint density at radius 3 is 2.65 bits per heavy atom. The smallest absolute Gasteiger partial charge is 0.161 e. The molecule has 2 rings (SSSR count). The van der Waals surface area contributed by atoms with Crippen LogP contribution in [0.15, 0.2) is 18.2 Å². The van der Waals surface area contributed by atoms with Gasteiger partial charge in [-0.05, 0) is 31.5 Å². The summed E-state index contributed by atoms with van der Waals surface area (Å²) in [6.45, 7) is 5.70. The highest BCUT2D eigenvalue weighted by Crippen LogP contribution is 2.32. The Morgan fingerprint density at radius 2 is 1.94 bits per heavy atom. The van der Waals surface area contributed by atoms with Gasteiger partial charge in [0, 0.05) is 0 Å². The highest BCUT2D eigenvalue weighted by atomic mass is 16.6. The van der Waals surface area contributed by atoms with Gasteiger partial charge in [0.05, 0.1) is 18.8 Å². The fraction of sp³-hybridized carbons (Fsp3) is 0.538. The SMILES string of the molecule is CC(C)OCC(N)c1ccc2c(c1)OCCO2. The monoisotopic (exact) mass is 237 g/mol. The third-order valence-electron chi connectivity index (χ3n) is 2.60. The van der Waals surface area contributed by atoms with Crippen molar-refractivity contribution in [2.75, 3.05) is 19.8 Å². The molecule has 4 heteroatoms. The maximum absolute atomic E-state index is 6.06. The molecule has 1 aliphatic heterocycles. The van der Waals surface area contributed by atoms with Gasteiger partial charge < -0.3 is 19.9 Å². The summed E-state index contributed by atoms with van der Waals surface area (Å²) in [5.41, 5.74) is 7.06. The summed E-state index contributed by atoms with van der Waals surface area (Å²) in [4.78, 5) is 0. The van der Waals surface area contributed by atoms with Crippen molar-refractivity contribution < 1.29 is 14.2 Å². The van der Waals surface area contributed by atoms with Gasteiger partial charge in [-0.1, -0.05) is 6.07 Å². The summed E-state index contributed by atoms with van der Waals surface area (Å²) < 4.78 is 16.5. The maximum atomic E-state index is 6.06. The summed E-state index contributed by atoms with van der Waals surface area (Å²) in [5, 5.41) is 0. The molecule has 0 aliphatic carbocycles. The van der Waals surface area contributed by atoms with Gasteiger partial charge in [0.25, 0.3) is 0 Å². The minimum atomic E-state index is -0.131. The molecule has 2 N–H and O–H groups in total. The molecule has 0 saturated heterocycles. The van der Waals surface area contributed by atoms with Gasteiger partial charge in [0.2, 0.25) is 0 Å². The van der Waals surface area contributed by atoms with Gasteiger partial charge in [-0.2, -0.15) is 0 Å². The first-order valence-corrected chi connectivity index (χ1v) is 5.93. The van der Waals surface area contributed by atoms with Crippen molar-refractivity contribution in [3.05, 3.63) is 23.8 Å². The second-order valence-electron chi connectivity index (χ2n) is 4.39. The molecule has 4 nitrogen and oxygen atoms in total. The van der Waals surface area contributed by atoms with Crippen LogP contribution in [-0.4, -0.2) is 25.9 Å². The van der Waals surface area contributed by atoms with Crippen molar-refractivity contribution in [1.29, 1.82) is 0 Å². The number of ether oxygens (including phenoxy) is 3. The maximum Gasteiger partial charge on any atom is 0.161 e. The third kappa shape index (κ3) is 3.11. The Morgan fingerprint density at radius 1 is 1.24 bits per heavy atom. The van der Waals surface area contributed by atoms with Crippen LogP contribution >= 0.6 is 0 Å². The highest BCUT2D eigenvalue weighted by molar-refractivity contribution is 5.44. The largest absolute Gasteiger partial charge is 0.486 e. The van der Waals surface area contributed by atoms with Gasteiger partial charge in [0.15, 0.2) is 11.5 Å². The van der Waals surface area contributed by atoms with E-state index in [0.29, 0.717) is 19.8 Å². The lowest BCUT2D eigenvalue weighted by Crippen LogP contribution is -2.20. The zero-order valence-electron chi connectivity index (χ0n) is 10.3. The molecule has 1 aromatic rings. The predicted molar refractivity (Wildman–Crippen MR) is 65.4 cm³/mol. The summed E-state index contributed by atoms with van der Waals surface area (Å²) in [6.07, 6.45) is 0.193. The van der Waals surface area contributed by atoms with E-state index in [9.17, 15) is 0 Å². The molecule has 0 bridgehead atoms. The van der Waals surface area contributed by atoms with Crippen molar-refractivity contribution >= 4 is 0 Å². The zero-order chi connectivity index (χ0) is 12.3. The number of hydrogen-bond acceptors (Lipinski definition) is 4. The fourth-order valence-electron chi connectivity index (χ4n) is 1.68. The first-order chi connectivity index (χ1) is 8.16. The molecule has 0 saturated carbocycles. The van der Waals surface area contributed by atoms with Gasteiger partial charge in [-0.3, -0.25) is 0 Å². The van der Waals surface area contributed by atoms with E-state index in [0.717, 1.165) is 17.1 Å². The fourth-order valence-corrected chi connectivity index (χ4v) is 1.68. The van der Waals surface area contributed by atoms with Crippen LogP contribution in [0.25, 0.3) is 0 Å². The minimum absolute atomic E-state index is 0.131. The summed E-state index contributed by atoms with van der Waals surface area (Å²) in [7, 11) is 0. The first-order valence-electron chi connectivity index (χ1n) is 5.93. The third-order valence-corrected chi connectivity index (χ3v) is 2.60. The van der Waals surface area contributed by atoms with Crippen LogP contribution in [-0.2, 0) is 4.74 Å². The van der Waals surface area contributed by atoms with Gasteiger partial charge in [-0.15, -0.1) is 0 Å². The summed E-state index contributed by atoms with van der Waals surface area (Å²) >= 11 is 0. The molecule has 0 spiro atoms. The lowest BCUT2D eigenvalue weighted by atomic mass is 10.1. The van der Waals surface area contributed by atoms with Crippen LogP contribution in [0.2, 0.25) is 0 Å².